The van der Waals surface area contributed by atoms with Gasteiger partial charge in [0.25, 0.3) is 0 Å². The van der Waals surface area contributed by atoms with Crippen LogP contribution >= 0.6 is 0 Å². The third-order valence-electron chi connectivity index (χ3n) is 5.11. The number of nitrogens with one attached hydrogen (secondary N) is 1. The second kappa shape index (κ2) is 7.73. The molecule has 1 heterocycles. The van der Waals surface area contributed by atoms with E-state index in [-0.39, 0.29) is 17.9 Å². The van der Waals surface area contributed by atoms with Gasteiger partial charge in [-0.05, 0) is 37.2 Å². The summed E-state index contributed by atoms with van der Waals surface area (Å²) in [6, 6.07) is 10.1. The smallest absolute Gasteiger partial charge is 0.240 e. The number of carbonyl (C=O) groups is 2. The van der Waals surface area contributed by atoms with E-state index in [0.29, 0.717) is 25.2 Å². The van der Waals surface area contributed by atoms with Crippen molar-refractivity contribution in [1.82, 2.24) is 10.2 Å². The van der Waals surface area contributed by atoms with Crippen molar-refractivity contribution in [2.24, 2.45) is 5.92 Å². The third-order valence-corrected chi connectivity index (χ3v) is 5.11. The number of hydrogen-bond acceptors (Lipinski definition) is 3. The van der Waals surface area contributed by atoms with Gasteiger partial charge in [-0.25, -0.2) is 0 Å². The lowest BCUT2D eigenvalue weighted by atomic mass is 9.82. The molecule has 2 fully saturated rings. The van der Waals surface area contributed by atoms with Crippen LogP contribution in [0.3, 0.4) is 0 Å². The first-order valence-electron chi connectivity index (χ1n) is 8.82. The number of nitrogens with zero attached hydrogens (tertiary/aromatic N) is 1. The lowest BCUT2D eigenvalue weighted by Crippen LogP contribution is -2.50. The van der Waals surface area contributed by atoms with E-state index < -0.39 is 0 Å². The normalized spacial score (nSPS) is 20.7. The topological polar surface area (TPSA) is 49.4 Å². The molecule has 1 saturated carbocycles. The number of benzene rings is 1. The molecular formula is C19H26N2O2. The molecule has 2 aliphatic rings. The average Bonchev–Trinajstić information content (AvgIpc) is 3.12. The van der Waals surface area contributed by atoms with Gasteiger partial charge in [-0.1, -0.05) is 30.3 Å². The molecular weight excluding hydrogens is 288 g/mol. The molecule has 1 amide bonds. The van der Waals surface area contributed by atoms with Crippen molar-refractivity contribution in [1.29, 1.82) is 0 Å². The summed E-state index contributed by atoms with van der Waals surface area (Å²) in [5, 5.41) is 3.49. The predicted molar refractivity (Wildman–Crippen MR) is 89.8 cm³/mol. The molecule has 1 saturated heterocycles. The molecule has 3 rings (SSSR count). The molecule has 0 spiro atoms. The Hall–Kier alpha value is -1.68. The Bertz CT molecular complexity index is 528. The van der Waals surface area contributed by atoms with E-state index in [0.717, 1.165) is 38.8 Å². The van der Waals surface area contributed by atoms with E-state index in [4.69, 9.17) is 0 Å². The van der Waals surface area contributed by atoms with Gasteiger partial charge in [-0.15, -0.1) is 0 Å². The van der Waals surface area contributed by atoms with Crippen molar-refractivity contribution in [3.05, 3.63) is 35.9 Å². The zero-order chi connectivity index (χ0) is 16.1. The number of likely N-dealkylation sites (tertiary alicyclic amines) is 1. The standard InChI is InChI=1S/C19H26N2O2/c22-17-10-8-16(9-11-17)18(19(23)21-12-4-5-13-21)20-14-15-6-2-1-3-7-15/h1-3,6-7,16,18,20H,4-5,8-14H2/t18-/m0/s1. The van der Waals surface area contributed by atoms with Crippen molar-refractivity contribution in [2.45, 2.75) is 51.1 Å². The van der Waals surface area contributed by atoms with Crippen molar-refractivity contribution in [3.8, 4) is 0 Å². The maximum atomic E-state index is 12.9. The minimum atomic E-state index is -0.151. The maximum Gasteiger partial charge on any atom is 0.240 e. The fraction of sp³-hybridized carbons (Fsp3) is 0.579. The van der Waals surface area contributed by atoms with Crippen LogP contribution in [0.1, 0.15) is 44.1 Å². The summed E-state index contributed by atoms with van der Waals surface area (Å²) in [7, 11) is 0. The second-order valence-corrected chi connectivity index (χ2v) is 6.75. The Morgan fingerprint density at radius 1 is 1.13 bits per heavy atom. The molecule has 4 nitrogen and oxygen atoms in total. The molecule has 1 aliphatic heterocycles. The number of carbonyl (C=O) groups excluding carboxylic acids is 2. The fourth-order valence-electron chi connectivity index (χ4n) is 3.71. The molecule has 1 N–H and O–H groups in total. The highest BCUT2D eigenvalue weighted by Crippen LogP contribution is 2.26. The average molecular weight is 314 g/mol. The highest BCUT2D eigenvalue weighted by molar-refractivity contribution is 5.83. The van der Waals surface area contributed by atoms with Gasteiger partial charge in [-0.2, -0.15) is 0 Å². The van der Waals surface area contributed by atoms with Gasteiger partial charge < -0.3 is 10.2 Å². The Morgan fingerprint density at radius 2 is 1.78 bits per heavy atom. The lowest BCUT2D eigenvalue weighted by Gasteiger charge is -2.32. The zero-order valence-corrected chi connectivity index (χ0v) is 13.7. The van der Waals surface area contributed by atoms with Gasteiger partial charge in [0.05, 0.1) is 6.04 Å². The van der Waals surface area contributed by atoms with E-state index in [1.807, 2.05) is 23.1 Å². The Morgan fingerprint density at radius 3 is 2.43 bits per heavy atom. The first-order valence-corrected chi connectivity index (χ1v) is 8.82. The van der Waals surface area contributed by atoms with Gasteiger partial charge in [0.15, 0.2) is 0 Å². The highest BCUT2D eigenvalue weighted by Gasteiger charge is 2.34. The summed E-state index contributed by atoms with van der Waals surface area (Å²) in [5.74, 6) is 0.860. The fourth-order valence-corrected chi connectivity index (χ4v) is 3.71. The van der Waals surface area contributed by atoms with Crippen molar-refractivity contribution >= 4 is 11.7 Å². The molecule has 0 aromatic heterocycles. The van der Waals surface area contributed by atoms with E-state index in [1.54, 1.807) is 0 Å². The molecule has 0 unspecified atom stereocenters. The number of hydrogen-bond donors (Lipinski definition) is 1. The first-order chi connectivity index (χ1) is 11.2. The van der Waals surface area contributed by atoms with Crippen LogP contribution in [0.4, 0.5) is 0 Å². The van der Waals surface area contributed by atoms with Gasteiger partial charge in [0.2, 0.25) is 5.91 Å². The number of Topliss-reactive ketones (excluding diaryl/α,β-unsaturated/α-hetero) is 1. The summed E-state index contributed by atoms with van der Waals surface area (Å²) in [5.41, 5.74) is 1.19. The SMILES string of the molecule is O=C1CCC([C@H](NCc2ccccc2)C(=O)N2CCCC2)CC1. The third kappa shape index (κ3) is 4.20. The molecule has 0 bridgehead atoms. The van der Waals surface area contributed by atoms with Crippen LogP contribution in [0.25, 0.3) is 0 Å². The molecule has 0 radical (unpaired) electrons. The zero-order valence-electron chi connectivity index (χ0n) is 13.7. The lowest BCUT2D eigenvalue weighted by molar-refractivity contribution is -0.135. The summed E-state index contributed by atoms with van der Waals surface area (Å²) in [4.78, 5) is 26.4. The Balaban J connectivity index is 1.67. The molecule has 1 aromatic rings. The van der Waals surface area contributed by atoms with Crippen LogP contribution in [0.15, 0.2) is 30.3 Å². The second-order valence-electron chi connectivity index (χ2n) is 6.75. The van der Waals surface area contributed by atoms with Crippen molar-refractivity contribution in [3.63, 3.8) is 0 Å². The van der Waals surface area contributed by atoms with Crippen LogP contribution in [0.2, 0.25) is 0 Å². The Labute approximate surface area is 138 Å². The molecule has 23 heavy (non-hydrogen) atoms. The van der Waals surface area contributed by atoms with Crippen LogP contribution in [-0.2, 0) is 16.1 Å². The minimum absolute atomic E-state index is 0.151. The largest absolute Gasteiger partial charge is 0.341 e. The van der Waals surface area contributed by atoms with Crippen LogP contribution in [-0.4, -0.2) is 35.7 Å². The Kier molecular flexibility index (Phi) is 5.44. The highest BCUT2D eigenvalue weighted by atomic mass is 16.2. The van der Waals surface area contributed by atoms with Crippen molar-refractivity contribution in [2.75, 3.05) is 13.1 Å². The molecule has 124 valence electrons. The van der Waals surface area contributed by atoms with E-state index >= 15 is 0 Å². The van der Waals surface area contributed by atoms with Crippen molar-refractivity contribution < 1.29 is 9.59 Å². The van der Waals surface area contributed by atoms with E-state index in [2.05, 4.69) is 17.4 Å². The summed E-state index contributed by atoms with van der Waals surface area (Å²) in [6.07, 6.45) is 5.15. The van der Waals surface area contributed by atoms with Crippen LogP contribution < -0.4 is 5.32 Å². The summed E-state index contributed by atoms with van der Waals surface area (Å²) >= 11 is 0. The summed E-state index contributed by atoms with van der Waals surface area (Å²) < 4.78 is 0. The van der Waals surface area contributed by atoms with E-state index in [1.165, 1.54) is 5.56 Å². The number of amides is 1. The quantitative estimate of drug-likeness (QED) is 0.908. The van der Waals surface area contributed by atoms with Gasteiger partial charge in [0, 0.05) is 32.5 Å². The summed E-state index contributed by atoms with van der Waals surface area (Å²) in [6.45, 7) is 2.47. The number of ketones is 1. The van der Waals surface area contributed by atoms with Gasteiger partial charge >= 0.3 is 0 Å². The van der Waals surface area contributed by atoms with Crippen LogP contribution in [0, 0.1) is 5.92 Å². The van der Waals surface area contributed by atoms with Gasteiger partial charge in [-0.3, -0.25) is 9.59 Å². The van der Waals surface area contributed by atoms with E-state index in [9.17, 15) is 9.59 Å². The molecule has 1 aromatic carbocycles. The molecule has 1 aliphatic carbocycles. The minimum Gasteiger partial charge on any atom is -0.341 e. The van der Waals surface area contributed by atoms with Crippen LogP contribution in [0.5, 0.6) is 0 Å². The molecule has 1 atom stereocenters. The maximum absolute atomic E-state index is 12.9. The predicted octanol–water partition coefficient (Wildman–Crippen LogP) is 2.53. The number of rotatable bonds is 5. The van der Waals surface area contributed by atoms with Gasteiger partial charge in [0.1, 0.15) is 5.78 Å². The monoisotopic (exact) mass is 314 g/mol. The molecule has 4 heteroatoms. The first kappa shape index (κ1) is 16.2.